The molecule has 0 aliphatic carbocycles. The minimum absolute atomic E-state index is 0.0496. The first kappa shape index (κ1) is 25.2. The zero-order valence-corrected chi connectivity index (χ0v) is 22.2. The van der Waals surface area contributed by atoms with Crippen molar-refractivity contribution in [2.24, 2.45) is 0 Å². The topological polar surface area (TPSA) is 82.6 Å². The highest BCUT2D eigenvalue weighted by Gasteiger charge is 2.47. The molecule has 6 rings (SSSR count). The Hall–Kier alpha value is -5.10. The second kappa shape index (κ2) is 10.2. The lowest BCUT2D eigenvalue weighted by Gasteiger charge is -2.25. The smallest absolute Gasteiger partial charge is 0.300 e. The van der Waals surface area contributed by atoms with Gasteiger partial charge in [0.15, 0.2) is 0 Å². The first-order valence-corrected chi connectivity index (χ1v) is 13.1. The highest BCUT2D eigenvalue weighted by molar-refractivity contribution is 6.51. The first-order chi connectivity index (χ1) is 19.4. The standard InChI is InChI=1S/C34H28N2O4/c1-21-9-8-12-25(17-21)36-31(27-19-35-28-14-7-6-13-26(27)28)30(33(38)34(36)39)32(37)24-15-16-29(22(2)18-24)40-20-23-10-4-3-5-11-23/h3-19,31,35,37H,20H2,1-2H3/b32-30+. The van der Waals surface area contributed by atoms with Crippen molar-refractivity contribution in [2.45, 2.75) is 26.5 Å². The van der Waals surface area contributed by atoms with Gasteiger partial charge in [-0.1, -0.05) is 60.7 Å². The van der Waals surface area contributed by atoms with Crippen LogP contribution in [0.4, 0.5) is 5.69 Å². The molecule has 1 saturated heterocycles. The molecular formula is C34H28N2O4. The Morgan fingerprint density at radius 1 is 0.900 bits per heavy atom. The molecule has 1 atom stereocenters. The third-order valence-electron chi connectivity index (χ3n) is 7.33. The number of para-hydroxylation sites is 1. The Morgan fingerprint density at radius 3 is 2.45 bits per heavy atom. The van der Waals surface area contributed by atoms with Crippen molar-refractivity contribution in [3.05, 3.63) is 137 Å². The zero-order chi connectivity index (χ0) is 27.8. The lowest BCUT2D eigenvalue weighted by atomic mass is 9.94. The van der Waals surface area contributed by atoms with Gasteiger partial charge in [-0.2, -0.15) is 0 Å². The molecule has 1 fully saturated rings. The fourth-order valence-corrected chi connectivity index (χ4v) is 5.34. The summed E-state index contributed by atoms with van der Waals surface area (Å²) in [5, 5.41) is 12.5. The monoisotopic (exact) mass is 528 g/mol. The number of carbonyl (C=O) groups is 2. The van der Waals surface area contributed by atoms with E-state index in [2.05, 4.69) is 4.98 Å². The van der Waals surface area contributed by atoms with Crippen molar-refractivity contribution < 1.29 is 19.4 Å². The van der Waals surface area contributed by atoms with E-state index in [-0.39, 0.29) is 11.3 Å². The maximum Gasteiger partial charge on any atom is 0.300 e. The number of nitrogens with zero attached hydrogens (tertiary/aromatic N) is 1. The van der Waals surface area contributed by atoms with Gasteiger partial charge in [0.2, 0.25) is 0 Å². The van der Waals surface area contributed by atoms with Crippen LogP contribution in [0.2, 0.25) is 0 Å². The molecule has 198 valence electrons. The fourth-order valence-electron chi connectivity index (χ4n) is 5.34. The number of hydrogen-bond acceptors (Lipinski definition) is 4. The van der Waals surface area contributed by atoms with Crippen molar-refractivity contribution in [2.75, 3.05) is 4.90 Å². The molecule has 0 spiro atoms. The Bertz CT molecular complexity index is 1780. The number of aromatic nitrogens is 1. The molecule has 5 aromatic rings. The number of rotatable bonds is 6. The molecule has 1 aliphatic heterocycles. The van der Waals surface area contributed by atoms with Crippen LogP contribution >= 0.6 is 0 Å². The summed E-state index contributed by atoms with van der Waals surface area (Å²) >= 11 is 0. The number of hydrogen-bond donors (Lipinski definition) is 2. The van der Waals surface area contributed by atoms with E-state index in [1.165, 1.54) is 4.90 Å². The van der Waals surface area contributed by atoms with Gasteiger partial charge in [0.1, 0.15) is 18.1 Å². The van der Waals surface area contributed by atoms with Gasteiger partial charge >= 0.3 is 0 Å². The van der Waals surface area contributed by atoms with Gasteiger partial charge < -0.3 is 14.8 Å². The summed E-state index contributed by atoms with van der Waals surface area (Å²) in [7, 11) is 0. The number of benzene rings is 4. The predicted molar refractivity (Wildman–Crippen MR) is 156 cm³/mol. The molecule has 6 heteroatoms. The lowest BCUT2D eigenvalue weighted by molar-refractivity contribution is -0.132. The number of fused-ring (bicyclic) bond motifs is 1. The van der Waals surface area contributed by atoms with Crippen LogP contribution in [0.25, 0.3) is 16.7 Å². The quantitative estimate of drug-likeness (QED) is 0.141. The molecule has 1 amide bonds. The van der Waals surface area contributed by atoms with E-state index in [9.17, 15) is 14.7 Å². The summed E-state index contributed by atoms with van der Waals surface area (Å²) in [5.41, 5.74) is 5.50. The largest absolute Gasteiger partial charge is 0.507 e. The van der Waals surface area contributed by atoms with Crippen LogP contribution in [0.1, 0.15) is 33.9 Å². The minimum Gasteiger partial charge on any atom is -0.507 e. The number of nitrogens with one attached hydrogen (secondary N) is 1. The number of H-pyrrole nitrogens is 1. The van der Waals surface area contributed by atoms with Gasteiger partial charge in [-0.25, -0.2) is 0 Å². The summed E-state index contributed by atoms with van der Waals surface area (Å²) in [5.74, 6) is -0.950. The van der Waals surface area contributed by atoms with Crippen LogP contribution in [-0.4, -0.2) is 21.8 Å². The molecule has 0 saturated carbocycles. The number of ether oxygens (including phenoxy) is 1. The van der Waals surface area contributed by atoms with Gasteiger partial charge in [-0.3, -0.25) is 14.5 Å². The molecular weight excluding hydrogens is 500 g/mol. The van der Waals surface area contributed by atoms with Gasteiger partial charge in [0, 0.05) is 33.9 Å². The molecule has 6 nitrogen and oxygen atoms in total. The van der Waals surface area contributed by atoms with E-state index in [1.807, 2.05) is 98.9 Å². The third kappa shape index (κ3) is 4.43. The lowest BCUT2D eigenvalue weighted by Crippen LogP contribution is -2.29. The van der Waals surface area contributed by atoms with Gasteiger partial charge in [0.05, 0.1) is 11.6 Å². The highest BCUT2D eigenvalue weighted by atomic mass is 16.5. The second-order valence-corrected chi connectivity index (χ2v) is 10.1. The minimum atomic E-state index is -0.813. The second-order valence-electron chi connectivity index (χ2n) is 10.1. The number of carbonyl (C=O) groups excluding carboxylic acids is 2. The molecule has 4 aromatic carbocycles. The zero-order valence-electron chi connectivity index (χ0n) is 22.2. The molecule has 1 aromatic heterocycles. The molecule has 1 aliphatic rings. The number of Topliss-reactive ketones (excluding diaryl/α,β-unsaturated/α-hetero) is 1. The maximum absolute atomic E-state index is 13.6. The van der Waals surface area contributed by atoms with Crippen LogP contribution in [0.3, 0.4) is 0 Å². The van der Waals surface area contributed by atoms with Crippen molar-refractivity contribution >= 4 is 34.0 Å². The van der Waals surface area contributed by atoms with Crippen LogP contribution in [0.5, 0.6) is 5.75 Å². The van der Waals surface area contributed by atoms with Crippen LogP contribution in [-0.2, 0) is 16.2 Å². The van der Waals surface area contributed by atoms with Gasteiger partial charge in [0.25, 0.3) is 11.7 Å². The summed E-state index contributed by atoms with van der Waals surface area (Å²) in [4.78, 5) is 31.9. The first-order valence-electron chi connectivity index (χ1n) is 13.1. The highest BCUT2D eigenvalue weighted by Crippen LogP contribution is 2.44. The Kier molecular flexibility index (Phi) is 6.44. The van der Waals surface area contributed by atoms with Crippen molar-refractivity contribution in [3.8, 4) is 5.75 Å². The van der Waals surface area contributed by atoms with Crippen LogP contribution in [0.15, 0.2) is 109 Å². The molecule has 1 unspecified atom stereocenters. The Labute approximate surface area is 232 Å². The molecule has 0 bridgehead atoms. The van der Waals surface area contributed by atoms with Crippen LogP contribution < -0.4 is 9.64 Å². The number of ketones is 1. The van der Waals surface area contributed by atoms with Crippen molar-refractivity contribution in [1.82, 2.24) is 4.98 Å². The van der Waals surface area contributed by atoms with Gasteiger partial charge in [-0.15, -0.1) is 0 Å². The van der Waals surface area contributed by atoms with E-state index in [0.717, 1.165) is 33.2 Å². The van der Waals surface area contributed by atoms with Crippen molar-refractivity contribution in [1.29, 1.82) is 0 Å². The SMILES string of the molecule is Cc1cccc(N2C(=O)C(=O)/C(=C(/O)c3ccc(OCc4ccccc4)c(C)c3)C2c2c[nH]c3ccccc23)c1. The van der Waals surface area contributed by atoms with Crippen LogP contribution in [0, 0.1) is 13.8 Å². The number of anilines is 1. The summed E-state index contributed by atoms with van der Waals surface area (Å²) in [6.07, 6.45) is 1.81. The van der Waals surface area contributed by atoms with E-state index >= 15 is 0 Å². The maximum atomic E-state index is 13.6. The van der Waals surface area contributed by atoms with E-state index < -0.39 is 17.7 Å². The fraction of sp³-hybridized carbons (Fsp3) is 0.118. The molecule has 2 N–H and O–H groups in total. The number of aryl methyl sites for hydroxylation is 2. The average Bonchev–Trinajstić information content (AvgIpc) is 3.50. The average molecular weight is 529 g/mol. The van der Waals surface area contributed by atoms with Gasteiger partial charge in [-0.05, 0) is 66.9 Å². The Morgan fingerprint density at radius 2 is 1.68 bits per heavy atom. The number of aromatic amines is 1. The number of aliphatic hydroxyl groups is 1. The predicted octanol–water partition coefficient (Wildman–Crippen LogP) is 6.99. The summed E-state index contributed by atoms with van der Waals surface area (Å²) < 4.78 is 6.00. The normalized spacial score (nSPS) is 16.6. The third-order valence-corrected chi connectivity index (χ3v) is 7.33. The molecule has 0 radical (unpaired) electrons. The van der Waals surface area contributed by atoms with E-state index in [4.69, 9.17) is 4.74 Å². The molecule has 2 heterocycles. The molecule has 40 heavy (non-hydrogen) atoms. The number of aliphatic hydroxyl groups excluding tert-OH is 1. The van der Waals surface area contributed by atoms with E-state index in [0.29, 0.717) is 23.6 Å². The summed E-state index contributed by atoms with van der Waals surface area (Å²) in [6, 6.07) is 29.5. The number of amides is 1. The summed E-state index contributed by atoms with van der Waals surface area (Å²) in [6.45, 7) is 4.24. The van der Waals surface area contributed by atoms with Crippen molar-refractivity contribution in [3.63, 3.8) is 0 Å². The Balaban J connectivity index is 1.45. The van der Waals surface area contributed by atoms with E-state index in [1.54, 1.807) is 18.2 Å².